The van der Waals surface area contributed by atoms with Gasteiger partial charge in [0.15, 0.2) is 0 Å². The van der Waals surface area contributed by atoms with E-state index in [1.807, 2.05) is 72.8 Å². The van der Waals surface area contributed by atoms with Gasteiger partial charge in [-0.15, -0.1) is 0 Å². The molecule has 0 saturated heterocycles. The molecule has 6 aromatic rings. The molecule has 0 amide bonds. The van der Waals surface area contributed by atoms with Gasteiger partial charge in [0, 0.05) is 44.4 Å². The number of benzene rings is 6. The third kappa shape index (κ3) is 7.02. The van der Waals surface area contributed by atoms with Crippen LogP contribution in [0.25, 0.3) is 54.2 Å². The van der Waals surface area contributed by atoms with E-state index >= 15 is 0 Å². The van der Waals surface area contributed by atoms with Crippen LogP contribution in [0, 0.1) is 0 Å². The van der Waals surface area contributed by atoms with Crippen LogP contribution in [0.3, 0.4) is 0 Å². The van der Waals surface area contributed by atoms with E-state index in [-0.39, 0.29) is 11.9 Å². The molecule has 0 aliphatic carbocycles. The predicted molar refractivity (Wildman–Crippen MR) is 201 cm³/mol. The van der Waals surface area contributed by atoms with Gasteiger partial charge in [0.05, 0.1) is 0 Å². The van der Waals surface area contributed by atoms with E-state index in [1.54, 1.807) is 0 Å². The Morgan fingerprint density at radius 2 is 0.854 bits per heavy atom. The summed E-state index contributed by atoms with van der Waals surface area (Å²) in [6.07, 6.45) is 8.68. The minimum atomic E-state index is -0.246. The summed E-state index contributed by atoms with van der Waals surface area (Å²) in [5.41, 5.74) is 1.87. The maximum atomic E-state index is 13.2. The SMILES string of the molecule is CCCCCCC(=O)Oc1c2ccccc2c(-c2c3ccccc3c(OC(=O)CCCCCC)c3ccc(Cl)cc23)c2cc(Cl)ccc12. The van der Waals surface area contributed by atoms with Crippen LogP contribution in [-0.4, -0.2) is 11.9 Å². The van der Waals surface area contributed by atoms with Crippen molar-refractivity contribution in [2.45, 2.75) is 78.1 Å². The molecular weight excluding hydrogens is 639 g/mol. The van der Waals surface area contributed by atoms with E-state index < -0.39 is 0 Å². The fourth-order valence-electron chi connectivity index (χ4n) is 6.70. The molecular formula is C42H40Cl2O4. The lowest BCUT2D eigenvalue weighted by molar-refractivity contribution is -0.135. The maximum absolute atomic E-state index is 13.2. The van der Waals surface area contributed by atoms with Gasteiger partial charge in [-0.1, -0.05) is 124 Å². The minimum Gasteiger partial charge on any atom is -0.425 e. The molecule has 6 aromatic carbocycles. The predicted octanol–water partition coefficient (Wildman–Crippen LogP) is 13.0. The molecule has 0 heterocycles. The van der Waals surface area contributed by atoms with Crippen molar-refractivity contribution >= 4 is 78.2 Å². The lowest BCUT2D eigenvalue weighted by Gasteiger charge is -2.21. The number of rotatable bonds is 13. The fraction of sp³-hybridized carbons (Fsp3) is 0.286. The number of halogens is 2. The molecule has 0 N–H and O–H groups in total. The van der Waals surface area contributed by atoms with Crippen LogP contribution in [0.4, 0.5) is 0 Å². The van der Waals surface area contributed by atoms with Gasteiger partial charge in [0.2, 0.25) is 0 Å². The number of hydrogen-bond donors (Lipinski definition) is 0. The summed E-state index contributed by atoms with van der Waals surface area (Å²) in [5, 5.41) is 7.88. The molecule has 48 heavy (non-hydrogen) atoms. The maximum Gasteiger partial charge on any atom is 0.311 e. The van der Waals surface area contributed by atoms with Crippen molar-refractivity contribution in [3.05, 3.63) is 95.0 Å². The molecule has 0 radical (unpaired) electrons. The monoisotopic (exact) mass is 678 g/mol. The molecule has 0 aliphatic heterocycles. The summed E-state index contributed by atoms with van der Waals surface area (Å²) in [6.45, 7) is 4.30. The first-order valence-electron chi connectivity index (χ1n) is 17.1. The number of carbonyl (C=O) groups is 2. The Balaban J connectivity index is 1.61. The molecule has 0 spiro atoms. The van der Waals surface area contributed by atoms with Gasteiger partial charge < -0.3 is 9.47 Å². The Hall–Kier alpha value is -4.12. The van der Waals surface area contributed by atoms with E-state index in [9.17, 15) is 9.59 Å². The molecule has 6 rings (SSSR count). The summed E-state index contributed by atoms with van der Waals surface area (Å²) in [4.78, 5) is 26.4. The summed E-state index contributed by atoms with van der Waals surface area (Å²) in [6, 6.07) is 27.4. The van der Waals surface area contributed by atoms with E-state index in [4.69, 9.17) is 32.7 Å². The van der Waals surface area contributed by atoms with E-state index in [2.05, 4.69) is 26.0 Å². The average molecular weight is 680 g/mol. The molecule has 0 aromatic heterocycles. The Morgan fingerprint density at radius 3 is 1.25 bits per heavy atom. The van der Waals surface area contributed by atoms with Gasteiger partial charge in [0.25, 0.3) is 0 Å². The van der Waals surface area contributed by atoms with Gasteiger partial charge in [0.1, 0.15) is 11.5 Å². The highest BCUT2D eigenvalue weighted by Gasteiger charge is 2.24. The van der Waals surface area contributed by atoms with Crippen molar-refractivity contribution in [2.24, 2.45) is 0 Å². The Kier molecular flexibility index (Phi) is 10.8. The van der Waals surface area contributed by atoms with Crippen molar-refractivity contribution in [3.8, 4) is 22.6 Å². The number of ether oxygens (including phenoxy) is 2. The van der Waals surface area contributed by atoms with Crippen LogP contribution in [0.15, 0.2) is 84.9 Å². The first-order chi connectivity index (χ1) is 23.4. The summed E-state index contributed by atoms with van der Waals surface area (Å²) in [5.74, 6) is 0.566. The van der Waals surface area contributed by atoms with Crippen molar-refractivity contribution in [1.82, 2.24) is 0 Å². The van der Waals surface area contributed by atoms with E-state index in [0.29, 0.717) is 34.4 Å². The Morgan fingerprint density at radius 1 is 0.479 bits per heavy atom. The zero-order chi connectivity index (χ0) is 33.6. The highest BCUT2D eigenvalue weighted by atomic mass is 35.5. The Bertz CT molecular complexity index is 1980. The second-order valence-corrected chi connectivity index (χ2v) is 13.3. The number of esters is 2. The van der Waals surface area contributed by atoms with Gasteiger partial charge in [-0.2, -0.15) is 0 Å². The second kappa shape index (κ2) is 15.4. The van der Waals surface area contributed by atoms with Gasteiger partial charge >= 0.3 is 11.9 Å². The molecule has 0 saturated carbocycles. The van der Waals surface area contributed by atoms with E-state index in [1.165, 1.54) is 0 Å². The first kappa shape index (κ1) is 33.8. The molecule has 0 fully saturated rings. The van der Waals surface area contributed by atoms with E-state index in [0.717, 1.165) is 106 Å². The van der Waals surface area contributed by atoms with Gasteiger partial charge in [-0.3, -0.25) is 9.59 Å². The normalized spacial score (nSPS) is 11.5. The zero-order valence-electron chi connectivity index (χ0n) is 27.5. The molecule has 0 aliphatic rings. The number of unbranched alkanes of at least 4 members (excludes halogenated alkanes) is 6. The minimum absolute atomic E-state index is 0.246. The van der Waals surface area contributed by atoms with Gasteiger partial charge in [-0.05, 0) is 81.9 Å². The van der Waals surface area contributed by atoms with Crippen LogP contribution < -0.4 is 9.47 Å². The highest BCUT2D eigenvalue weighted by Crippen LogP contribution is 2.50. The second-order valence-electron chi connectivity index (χ2n) is 12.4. The van der Waals surface area contributed by atoms with Crippen LogP contribution in [0.5, 0.6) is 11.5 Å². The lowest BCUT2D eigenvalue weighted by atomic mass is 9.85. The third-order valence-corrected chi connectivity index (χ3v) is 9.49. The molecule has 0 atom stereocenters. The van der Waals surface area contributed by atoms with Gasteiger partial charge in [-0.25, -0.2) is 0 Å². The fourth-order valence-corrected chi connectivity index (χ4v) is 7.05. The summed E-state index contributed by atoms with van der Waals surface area (Å²) < 4.78 is 12.4. The molecule has 4 nitrogen and oxygen atoms in total. The van der Waals surface area contributed by atoms with Crippen molar-refractivity contribution in [1.29, 1.82) is 0 Å². The standard InChI is InChI=1S/C42H40Cl2O4/c1-3-5-7-9-19-37(45)47-41-31-17-13-11-15-29(31)39(35-25-27(43)21-23-33(35)41)40-30-16-12-14-18-32(30)42(34-24-22-28(44)26-36(34)40)48-38(46)20-10-8-6-4-2/h11-18,21-26H,3-10,19-20H2,1-2H3. The zero-order valence-corrected chi connectivity index (χ0v) is 29.1. The average Bonchev–Trinajstić information content (AvgIpc) is 3.09. The number of hydrogen-bond acceptors (Lipinski definition) is 4. The Labute approximate surface area is 291 Å². The quantitative estimate of drug-likeness (QED) is 0.0528. The molecule has 0 unspecified atom stereocenters. The number of carbonyl (C=O) groups excluding carboxylic acids is 2. The van der Waals surface area contributed by atoms with Crippen molar-refractivity contribution in [3.63, 3.8) is 0 Å². The molecule has 0 bridgehead atoms. The smallest absolute Gasteiger partial charge is 0.311 e. The van der Waals surface area contributed by atoms with Crippen LogP contribution in [0.1, 0.15) is 78.1 Å². The van der Waals surface area contributed by atoms with Crippen LogP contribution in [-0.2, 0) is 9.59 Å². The molecule has 246 valence electrons. The summed E-state index contributed by atoms with van der Waals surface area (Å²) >= 11 is 13.4. The van der Waals surface area contributed by atoms with Crippen LogP contribution in [0.2, 0.25) is 10.0 Å². The topological polar surface area (TPSA) is 52.6 Å². The van der Waals surface area contributed by atoms with Crippen molar-refractivity contribution < 1.29 is 19.1 Å². The number of fused-ring (bicyclic) bond motifs is 4. The van der Waals surface area contributed by atoms with Crippen LogP contribution >= 0.6 is 23.2 Å². The largest absolute Gasteiger partial charge is 0.425 e. The highest BCUT2D eigenvalue weighted by molar-refractivity contribution is 6.34. The first-order valence-corrected chi connectivity index (χ1v) is 17.9. The van der Waals surface area contributed by atoms with Crippen molar-refractivity contribution in [2.75, 3.05) is 0 Å². The summed E-state index contributed by atoms with van der Waals surface area (Å²) in [7, 11) is 0. The lowest BCUT2D eigenvalue weighted by Crippen LogP contribution is -2.09. The third-order valence-electron chi connectivity index (χ3n) is 9.02. The molecule has 6 heteroatoms.